The molecule has 0 aromatic carbocycles. The molecule has 0 aliphatic heterocycles. The van der Waals surface area contributed by atoms with Gasteiger partial charge in [0.2, 0.25) is 5.91 Å². The summed E-state index contributed by atoms with van der Waals surface area (Å²) in [5.74, 6) is 0.0575. The molecule has 0 aliphatic rings. The van der Waals surface area contributed by atoms with Crippen molar-refractivity contribution >= 4 is 17.2 Å². The highest BCUT2D eigenvalue weighted by Crippen LogP contribution is 2.15. The van der Waals surface area contributed by atoms with Crippen LogP contribution in [0.2, 0.25) is 0 Å². The normalized spacial score (nSPS) is 12.4. The van der Waals surface area contributed by atoms with E-state index in [2.05, 4.69) is 5.32 Å². The summed E-state index contributed by atoms with van der Waals surface area (Å²) in [6.45, 7) is 2.14. The summed E-state index contributed by atoms with van der Waals surface area (Å²) in [7, 11) is 0. The minimum atomic E-state index is 0.0575. The molecule has 1 rings (SSSR count). The Kier molecular flexibility index (Phi) is 5.36. The molecule has 3 nitrogen and oxygen atoms in total. The van der Waals surface area contributed by atoms with Crippen LogP contribution in [-0.4, -0.2) is 17.6 Å². The summed E-state index contributed by atoms with van der Waals surface area (Å²) in [5, 5.41) is 15.6. The number of unbranched alkanes of at least 4 members (excludes halogenated alkanes) is 1. The molecule has 0 saturated heterocycles. The van der Waals surface area contributed by atoms with Crippen molar-refractivity contribution < 1.29 is 9.90 Å². The zero-order valence-electron chi connectivity index (χ0n) is 8.90. The molecule has 1 aromatic rings. The van der Waals surface area contributed by atoms with Gasteiger partial charge in [-0.05, 0) is 42.2 Å². The van der Waals surface area contributed by atoms with Crippen molar-refractivity contribution in [3.8, 4) is 0 Å². The maximum absolute atomic E-state index is 11.4. The zero-order valence-corrected chi connectivity index (χ0v) is 9.72. The second-order valence-corrected chi connectivity index (χ2v) is 4.31. The molecule has 4 heteroatoms. The van der Waals surface area contributed by atoms with Crippen LogP contribution in [0.3, 0.4) is 0 Å². The minimum Gasteiger partial charge on any atom is -0.396 e. The SMILES string of the molecule is CC(NC(=O)CCCCO)c1ccsc1. The number of thiophene rings is 1. The first-order valence-corrected chi connectivity index (χ1v) is 6.10. The van der Waals surface area contributed by atoms with E-state index in [4.69, 9.17) is 5.11 Å². The van der Waals surface area contributed by atoms with Gasteiger partial charge in [-0.1, -0.05) is 0 Å². The molecule has 0 saturated carbocycles. The third-order valence-electron chi connectivity index (χ3n) is 2.23. The van der Waals surface area contributed by atoms with Gasteiger partial charge in [0.25, 0.3) is 0 Å². The number of hydrogen-bond acceptors (Lipinski definition) is 3. The van der Waals surface area contributed by atoms with Crippen molar-refractivity contribution in [2.24, 2.45) is 0 Å². The number of carbonyl (C=O) groups is 1. The van der Waals surface area contributed by atoms with Gasteiger partial charge in [0.15, 0.2) is 0 Å². The molecule has 84 valence electrons. The van der Waals surface area contributed by atoms with Crippen molar-refractivity contribution in [3.05, 3.63) is 22.4 Å². The predicted octanol–water partition coefficient (Wildman–Crippen LogP) is 2.09. The fraction of sp³-hybridized carbons (Fsp3) is 0.545. The van der Waals surface area contributed by atoms with E-state index in [1.54, 1.807) is 11.3 Å². The molecule has 1 aromatic heterocycles. The van der Waals surface area contributed by atoms with E-state index in [1.165, 1.54) is 0 Å². The molecule has 1 atom stereocenters. The molecular weight excluding hydrogens is 210 g/mol. The van der Waals surface area contributed by atoms with E-state index in [0.29, 0.717) is 12.8 Å². The van der Waals surface area contributed by atoms with Crippen molar-refractivity contribution in [2.75, 3.05) is 6.61 Å². The van der Waals surface area contributed by atoms with Gasteiger partial charge in [0.05, 0.1) is 6.04 Å². The molecule has 15 heavy (non-hydrogen) atoms. The third-order valence-corrected chi connectivity index (χ3v) is 2.93. The zero-order chi connectivity index (χ0) is 11.1. The Bertz CT molecular complexity index is 285. The maximum Gasteiger partial charge on any atom is 0.220 e. The van der Waals surface area contributed by atoms with E-state index < -0.39 is 0 Å². The number of amides is 1. The summed E-state index contributed by atoms with van der Waals surface area (Å²) in [6, 6.07) is 2.10. The molecule has 0 spiro atoms. The summed E-state index contributed by atoms with van der Waals surface area (Å²) in [6.07, 6.45) is 1.94. The summed E-state index contributed by atoms with van der Waals surface area (Å²) < 4.78 is 0. The van der Waals surface area contributed by atoms with Gasteiger partial charge in [0, 0.05) is 13.0 Å². The lowest BCUT2D eigenvalue weighted by atomic mass is 10.1. The highest BCUT2D eigenvalue weighted by molar-refractivity contribution is 7.07. The van der Waals surface area contributed by atoms with E-state index in [9.17, 15) is 4.79 Å². The lowest BCUT2D eigenvalue weighted by molar-refractivity contribution is -0.121. The largest absolute Gasteiger partial charge is 0.396 e. The van der Waals surface area contributed by atoms with Gasteiger partial charge >= 0.3 is 0 Å². The summed E-state index contributed by atoms with van der Waals surface area (Å²) in [5.41, 5.74) is 1.15. The Balaban J connectivity index is 2.26. The van der Waals surface area contributed by atoms with Gasteiger partial charge in [-0.3, -0.25) is 4.79 Å². The predicted molar refractivity (Wildman–Crippen MR) is 61.8 cm³/mol. The highest BCUT2D eigenvalue weighted by Gasteiger charge is 2.08. The van der Waals surface area contributed by atoms with Gasteiger partial charge in [-0.15, -0.1) is 0 Å². The Morgan fingerprint density at radius 2 is 2.40 bits per heavy atom. The topological polar surface area (TPSA) is 49.3 Å². The van der Waals surface area contributed by atoms with Crippen LogP contribution in [0, 0.1) is 0 Å². The molecule has 1 amide bonds. The Labute approximate surface area is 94.1 Å². The van der Waals surface area contributed by atoms with Gasteiger partial charge < -0.3 is 10.4 Å². The molecule has 0 aliphatic carbocycles. The van der Waals surface area contributed by atoms with Crippen molar-refractivity contribution in [1.29, 1.82) is 0 Å². The average molecular weight is 227 g/mol. The number of aliphatic hydroxyl groups is 1. The number of aliphatic hydroxyl groups excluding tert-OH is 1. The van der Waals surface area contributed by atoms with E-state index in [-0.39, 0.29) is 18.6 Å². The van der Waals surface area contributed by atoms with Gasteiger partial charge in [0.1, 0.15) is 0 Å². The van der Waals surface area contributed by atoms with Crippen LogP contribution in [0.15, 0.2) is 16.8 Å². The van der Waals surface area contributed by atoms with E-state index in [0.717, 1.165) is 12.0 Å². The number of carbonyl (C=O) groups excluding carboxylic acids is 1. The number of nitrogens with one attached hydrogen (secondary N) is 1. The molecule has 0 fully saturated rings. The lowest BCUT2D eigenvalue weighted by Gasteiger charge is -2.12. The number of rotatable bonds is 6. The molecule has 1 heterocycles. The fourth-order valence-electron chi connectivity index (χ4n) is 1.32. The van der Waals surface area contributed by atoms with Crippen molar-refractivity contribution in [2.45, 2.75) is 32.2 Å². The summed E-state index contributed by atoms with van der Waals surface area (Å²) >= 11 is 1.63. The van der Waals surface area contributed by atoms with Gasteiger partial charge in [-0.2, -0.15) is 11.3 Å². The lowest BCUT2D eigenvalue weighted by Crippen LogP contribution is -2.26. The van der Waals surface area contributed by atoms with E-state index in [1.807, 2.05) is 23.8 Å². The Morgan fingerprint density at radius 1 is 1.60 bits per heavy atom. The third kappa shape index (κ3) is 4.44. The Hall–Kier alpha value is -0.870. The highest BCUT2D eigenvalue weighted by atomic mass is 32.1. The smallest absolute Gasteiger partial charge is 0.220 e. The quantitative estimate of drug-likeness (QED) is 0.731. The second kappa shape index (κ2) is 6.58. The van der Waals surface area contributed by atoms with Crippen LogP contribution in [0.4, 0.5) is 0 Å². The van der Waals surface area contributed by atoms with Crippen LogP contribution >= 0.6 is 11.3 Å². The Morgan fingerprint density at radius 3 is 3.00 bits per heavy atom. The van der Waals surface area contributed by atoms with Crippen molar-refractivity contribution in [1.82, 2.24) is 5.32 Å². The minimum absolute atomic E-state index is 0.0575. The first-order chi connectivity index (χ1) is 7.24. The molecule has 0 bridgehead atoms. The molecule has 1 unspecified atom stereocenters. The monoisotopic (exact) mass is 227 g/mol. The maximum atomic E-state index is 11.4. The van der Waals surface area contributed by atoms with Gasteiger partial charge in [-0.25, -0.2) is 0 Å². The van der Waals surface area contributed by atoms with Crippen LogP contribution in [-0.2, 0) is 4.79 Å². The number of hydrogen-bond donors (Lipinski definition) is 2. The second-order valence-electron chi connectivity index (χ2n) is 3.53. The van der Waals surface area contributed by atoms with Crippen LogP contribution in [0.25, 0.3) is 0 Å². The molecule has 2 N–H and O–H groups in total. The van der Waals surface area contributed by atoms with Crippen LogP contribution < -0.4 is 5.32 Å². The standard InChI is InChI=1S/C11H17NO2S/c1-9(10-5-7-15-8-10)12-11(14)4-2-3-6-13/h5,7-9,13H,2-4,6H2,1H3,(H,12,14). The first kappa shape index (κ1) is 12.2. The van der Waals surface area contributed by atoms with E-state index >= 15 is 0 Å². The fourth-order valence-corrected chi connectivity index (χ4v) is 2.07. The molecule has 0 radical (unpaired) electrons. The van der Waals surface area contributed by atoms with Crippen LogP contribution in [0.5, 0.6) is 0 Å². The van der Waals surface area contributed by atoms with Crippen LogP contribution in [0.1, 0.15) is 37.8 Å². The summed E-state index contributed by atoms with van der Waals surface area (Å²) in [4.78, 5) is 11.4. The molecular formula is C11H17NO2S. The average Bonchev–Trinajstić information content (AvgIpc) is 2.70. The first-order valence-electron chi connectivity index (χ1n) is 5.16. The van der Waals surface area contributed by atoms with Crippen molar-refractivity contribution in [3.63, 3.8) is 0 Å².